The van der Waals surface area contributed by atoms with Crippen LogP contribution in [0.15, 0.2) is 41.1 Å². The van der Waals surface area contributed by atoms with Crippen LogP contribution in [-0.4, -0.2) is 27.1 Å². The standard InChI is InChI=1S/C14H12BrN3O2/c15-10-3-1-8(2-4-10)9-6-16-14(17-7-9)18-12-5-11(12)13(19)20/h1-4,6-7,11-12H,5H2,(H,19,20)(H,16,17,18). The fourth-order valence-corrected chi connectivity index (χ4v) is 2.25. The molecule has 20 heavy (non-hydrogen) atoms. The summed E-state index contributed by atoms with van der Waals surface area (Å²) < 4.78 is 1.02. The van der Waals surface area contributed by atoms with Crippen LogP contribution < -0.4 is 5.32 Å². The molecule has 1 saturated carbocycles. The molecular weight excluding hydrogens is 322 g/mol. The zero-order chi connectivity index (χ0) is 14.1. The van der Waals surface area contributed by atoms with Gasteiger partial charge in [-0.15, -0.1) is 0 Å². The number of nitrogens with one attached hydrogen (secondary N) is 1. The van der Waals surface area contributed by atoms with Crippen LogP contribution in [0.1, 0.15) is 6.42 Å². The number of aliphatic carboxylic acids is 1. The second-order valence-electron chi connectivity index (χ2n) is 4.73. The summed E-state index contributed by atoms with van der Waals surface area (Å²) in [7, 11) is 0. The lowest BCUT2D eigenvalue weighted by atomic mass is 10.1. The lowest BCUT2D eigenvalue weighted by Crippen LogP contribution is -2.12. The summed E-state index contributed by atoms with van der Waals surface area (Å²) in [6, 6.07) is 7.84. The van der Waals surface area contributed by atoms with Gasteiger partial charge in [-0.3, -0.25) is 4.79 Å². The molecule has 0 saturated heterocycles. The third-order valence-electron chi connectivity index (χ3n) is 3.25. The molecule has 1 aromatic heterocycles. The molecule has 0 bridgehead atoms. The summed E-state index contributed by atoms with van der Waals surface area (Å²) in [5.74, 6) is -0.613. The second kappa shape index (κ2) is 5.20. The molecule has 2 unspecified atom stereocenters. The largest absolute Gasteiger partial charge is 0.481 e. The highest BCUT2D eigenvalue weighted by Gasteiger charge is 2.43. The molecule has 6 heteroatoms. The van der Waals surface area contributed by atoms with Gasteiger partial charge in [-0.05, 0) is 24.1 Å². The zero-order valence-electron chi connectivity index (χ0n) is 10.5. The number of carboxylic acid groups (broad SMARTS) is 1. The minimum atomic E-state index is -0.769. The maximum atomic E-state index is 10.7. The maximum Gasteiger partial charge on any atom is 0.308 e. The Bertz CT molecular complexity index is 628. The fraction of sp³-hybridized carbons (Fsp3) is 0.214. The number of rotatable bonds is 4. The number of aromatic nitrogens is 2. The van der Waals surface area contributed by atoms with Crippen molar-refractivity contribution in [2.24, 2.45) is 5.92 Å². The van der Waals surface area contributed by atoms with E-state index in [0.717, 1.165) is 15.6 Å². The van der Waals surface area contributed by atoms with Crippen LogP contribution in [0.25, 0.3) is 11.1 Å². The van der Waals surface area contributed by atoms with Crippen LogP contribution in [0, 0.1) is 5.92 Å². The molecule has 0 spiro atoms. The molecule has 1 aliphatic rings. The van der Waals surface area contributed by atoms with Gasteiger partial charge in [-0.2, -0.15) is 0 Å². The summed E-state index contributed by atoms with van der Waals surface area (Å²) in [4.78, 5) is 19.2. The molecule has 0 radical (unpaired) electrons. The topological polar surface area (TPSA) is 75.1 Å². The van der Waals surface area contributed by atoms with Crippen LogP contribution >= 0.6 is 15.9 Å². The van der Waals surface area contributed by atoms with Crippen LogP contribution in [0.2, 0.25) is 0 Å². The summed E-state index contributed by atoms with van der Waals surface area (Å²) in [6.45, 7) is 0. The minimum absolute atomic E-state index is 0.0500. The Morgan fingerprint density at radius 3 is 2.40 bits per heavy atom. The SMILES string of the molecule is O=C(O)C1CC1Nc1ncc(-c2ccc(Br)cc2)cn1. The van der Waals surface area contributed by atoms with Gasteiger partial charge in [0.15, 0.2) is 0 Å². The molecular formula is C14H12BrN3O2. The van der Waals surface area contributed by atoms with E-state index in [-0.39, 0.29) is 12.0 Å². The van der Waals surface area contributed by atoms with Gasteiger partial charge in [0, 0.05) is 28.5 Å². The third kappa shape index (κ3) is 2.80. The highest BCUT2D eigenvalue weighted by atomic mass is 79.9. The van der Waals surface area contributed by atoms with E-state index in [4.69, 9.17) is 5.11 Å². The molecule has 0 aliphatic heterocycles. The number of anilines is 1. The van der Waals surface area contributed by atoms with E-state index in [1.807, 2.05) is 24.3 Å². The van der Waals surface area contributed by atoms with Crippen LogP contribution in [0.3, 0.4) is 0 Å². The van der Waals surface area contributed by atoms with Crippen molar-refractivity contribution >= 4 is 27.8 Å². The van der Waals surface area contributed by atoms with Gasteiger partial charge in [0.2, 0.25) is 5.95 Å². The summed E-state index contributed by atoms with van der Waals surface area (Å²) in [5.41, 5.74) is 1.96. The Morgan fingerprint density at radius 1 is 1.20 bits per heavy atom. The van der Waals surface area contributed by atoms with Crippen molar-refractivity contribution in [2.45, 2.75) is 12.5 Å². The number of nitrogens with zero attached hydrogens (tertiary/aromatic N) is 2. The number of benzene rings is 1. The van der Waals surface area contributed by atoms with E-state index in [9.17, 15) is 4.79 Å². The zero-order valence-corrected chi connectivity index (χ0v) is 12.0. The highest BCUT2D eigenvalue weighted by Crippen LogP contribution is 2.33. The van der Waals surface area contributed by atoms with Crippen molar-refractivity contribution in [3.05, 3.63) is 41.1 Å². The molecule has 2 atom stereocenters. The molecule has 1 aromatic carbocycles. The summed E-state index contributed by atoms with van der Waals surface area (Å²) in [6.07, 6.45) is 4.10. The third-order valence-corrected chi connectivity index (χ3v) is 3.78. The van der Waals surface area contributed by atoms with E-state index in [1.165, 1.54) is 0 Å². The van der Waals surface area contributed by atoms with Gasteiger partial charge in [0.05, 0.1) is 5.92 Å². The predicted octanol–water partition coefficient (Wildman–Crippen LogP) is 2.79. The van der Waals surface area contributed by atoms with Crippen molar-refractivity contribution < 1.29 is 9.90 Å². The quantitative estimate of drug-likeness (QED) is 0.899. The van der Waals surface area contributed by atoms with Gasteiger partial charge in [0.25, 0.3) is 0 Å². The van der Waals surface area contributed by atoms with E-state index < -0.39 is 5.97 Å². The molecule has 2 N–H and O–H groups in total. The van der Waals surface area contributed by atoms with Crippen molar-refractivity contribution in [2.75, 3.05) is 5.32 Å². The van der Waals surface area contributed by atoms with Gasteiger partial charge < -0.3 is 10.4 Å². The Hall–Kier alpha value is -1.95. The van der Waals surface area contributed by atoms with Gasteiger partial charge >= 0.3 is 5.97 Å². The van der Waals surface area contributed by atoms with E-state index in [1.54, 1.807) is 12.4 Å². The van der Waals surface area contributed by atoms with Gasteiger partial charge in [-0.1, -0.05) is 28.1 Å². The molecule has 5 nitrogen and oxygen atoms in total. The van der Waals surface area contributed by atoms with Crippen molar-refractivity contribution in [1.29, 1.82) is 0 Å². The van der Waals surface area contributed by atoms with Crippen LogP contribution in [0.4, 0.5) is 5.95 Å². The first kappa shape index (κ1) is 13.1. The lowest BCUT2D eigenvalue weighted by molar-refractivity contribution is -0.138. The monoisotopic (exact) mass is 333 g/mol. The lowest BCUT2D eigenvalue weighted by Gasteiger charge is -2.05. The second-order valence-corrected chi connectivity index (χ2v) is 5.65. The molecule has 1 fully saturated rings. The number of halogens is 1. The predicted molar refractivity (Wildman–Crippen MR) is 78.3 cm³/mol. The molecule has 3 rings (SSSR count). The molecule has 2 aromatic rings. The van der Waals surface area contributed by atoms with Crippen LogP contribution in [0.5, 0.6) is 0 Å². The fourth-order valence-electron chi connectivity index (χ4n) is 1.99. The molecule has 102 valence electrons. The Morgan fingerprint density at radius 2 is 1.85 bits per heavy atom. The normalized spacial score (nSPS) is 20.4. The van der Waals surface area contributed by atoms with Crippen molar-refractivity contribution in [1.82, 2.24) is 9.97 Å². The molecule has 1 heterocycles. The first-order valence-corrected chi connectivity index (χ1v) is 7.00. The average Bonchev–Trinajstić information content (AvgIpc) is 3.20. The Balaban J connectivity index is 1.69. The average molecular weight is 334 g/mol. The number of hydrogen-bond donors (Lipinski definition) is 2. The summed E-state index contributed by atoms with van der Waals surface area (Å²) in [5, 5.41) is 11.9. The van der Waals surface area contributed by atoms with Crippen LogP contribution in [-0.2, 0) is 4.79 Å². The van der Waals surface area contributed by atoms with Crippen molar-refractivity contribution in [3.8, 4) is 11.1 Å². The molecule has 1 aliphatic carbocycles. The minimum Gasteiger partial charge on any atom is -0.481 e. The first-order chi connectivity index (χ1) is 9.63. The van der Waals surface area contributed by atoms with E-state index in [2.05, 4.69) is 31.2 Å². The van der Waals surface area contributed by atoms with E-state index in [0.29, 0.717) is 12.4 Å². The first-order valence-electron chi connectivity index (χ1n) is 6.21. The van der Waals surface area contributed by atoms with Gasteiger partial charge in [0.1, 0.15) is 0 Å². The maximum absolute atomic E-state index is 10.7. The Labute approximate surface area is 124 Å². The van der Waals surface area contributed by atoms with Gasteiger partial charge in [-0.25, -0.2) is 9.97 Å². The number of hydrogen-bond acceptors (Lipinski definition) is 4. The van der Waals surface area contributed by atoms with E-state index >= 15 is 0 Å². The Kier molecular flexibility index (Phi) is 3.40. The number of carbonyl (C=O) groups is 1. The summed E-state index contributed by atoms with van der Waals surface area (Å²) >= 11 is 3.39. The highest BCUT2D eigenvalue weighted by molar-refractivity contribution is 9.10. The smallest absolute Gasteiger partial charge is 0.308 e. The van der Waals surface area contributed by atoms with Crippen molar-refractivity contribution in [3.63, 3.8) is 0 Å². The number of carboxylic acids is 1. The molecule has 0 amide bonds.